The second kappa shape index (κ2) is 7.14. The molecule has 24 heavy (non-hydrogen) atoms. The van der Waals surface area contributed by atoms with Crippen LogP contribution in [0.3, 0.4) is 0 Å². The predicted molar refractivity (Wildman–Crippen MR) is 86.5 cm³/mol. The van der Waals surface area contributed by atoms with Crippen LogP contribution < -0.4 is 5.32 Å². The van der Waals surface area contributed by atoms with E-state index in [9.17, 15) is 4.79 Å². The first-order chi connectivity index (χ1) is 11.6. The molecule has 0 radical (unpaired) electrons. The summed E-state index contributed by atoms with van der Waals surface area (Å²) in [5.74, 6) is 0.863. The SMILES string of the molecule is CCN1CCO[C@@H](CNC(=O)c2cc(C)no2)[C@@H]1c1nccn1C. The van der Waals surface area contributed by atoms with Crippen molar-refractivity contribution in [2.45, 2.75) is 26.0 Å². The van der Waals surface area contributed by atoms with E-state index in [2.05, 4.69) is 27.3 Å². The van der Waals surface area contributed by atoms with E-state index >= 15 is 0 Å². The van der Waals surface area contributed by atoms with Crippen molar-refractivity contribution in [3.05, 3.63) is 35.7 Å². The summed E-state index contributed by atoms with van der Waals surface area (Å²) < 4.78 is 12.9. The number of hydrogen-bond acceptors (Lipinski definition) is 6. The van der Waals surface area contributed by atoms with E-state index in [1.807, 2.05) is 17.8 Å². The monoisotopic (exact) mass is 333 g/mol. The molecule has 1 amide bonds. The topological polar surface area (TPSA) is 85.4 Å². The van der Waals surface area contributed by atoms with E-state index in [-0.39, 0.29) is 23.8 Å². The van der Waals surface area contributed by atoms with Gasteiger partial charge < -0.3 is 19.1 Å². The van der Waals surface area contributed by atoms with Crippen molar-refractivity contribution in [3.63, 3.8) is 0 Å². The summed E-state index contributed by atoms with van der Waals surface area (Å²) in [6.45, 7) is 6.66. The van der Waals surface area contributed by atoms with Gasteiger partial charge in [0.2, 0.25) is 5.76 Å². The number of likely N-dealkylation sites (N-methyl/N-ethyl adjacent to an activating group) is 1. The van der Waals surface area contributed by atoms with Gasteiger partial charge in [0.1, 0.15) is 5.82 Å². The van der Waals surface area contributed by atoms with Crippen LogP contribution in [0.2, 0.25) is 0 Å². The van der Waals surface area contributed by atoms with Crippen molar-refractivity contribution >= 4 is 5.91 Å². The average Bonchev–Trinajstić information content (AvgIpc) is 3.20. The smallest absolute Gasteiger partial charge is 0.289 e. The summed E-state index contributed by atoms with van der Waals surface area (Å²) in [6, 6.07) is 1.62. The van der Waals surface area contributed by atoms with Crippen molar-refractivity contribution < 1.29 is 14.1 Å². The number of aromatic nitrogens is 3. The van der Waals surface area contributed by atoms with Gasteiger partial charge in [0.25, 0.3) is 5.91 Å². The van der Waals surface area contributed by atoms with Gasteiger partial charge in [-0.3, -0.25) is 9.69 Å². The van der Waals surface area contributed by atoms with E-state index in [4.69, 9.17) is 9.26 Å². The molecule has 1 aliphatic rings. The van der Waals surface area contributed by atoms with Gasteiger partial charge >= 0.3 is 0 Å². The summed E-state index contributed by atoms with van der Waals surface area (Å²) in [6.07, 6.45) is 3.53. The van der Waals surface area contributed by atoms with Crippen LogP contribution in [0.15, 0.2) is 23.0 Å². The molecular weight excluding hydrogens is 310 g/mol. The standard InChI is InChI=1S/C16H23N5O3/c1-4-21-7-8-23-13(14(21)15-17-5-6-20(15)3)10-18-16(22)12-9-11(2)19-24-12/h5-6,9,13-14H,4,7-8,10H2,1-3H3,(H,18,22)/t13-,14+/m0/s1. The number of nitrogens with zero attached hydrogens (tertiary/aromatic N) is 4. The zero-order chi connectivity index (χ0) is 17.1. The van der Waals surface area contributed by atoms with E-state index in [0.717, 1.165) is 18.9 Å². The maximum atomic E-state index is 12.2. The van der Waals surface area contributed by atoms with Gasteiger partial charge in [-0.2, -0.15) is 0 Å². The second-order valence-electron chi connectivity index (χ2n) is 5.92. The van der Waals surface area contributed by atoms with E-state index < -0.39 is 0 Å². The first-order valence-corrected chi connectivity index (χ1v) is 8.14. The Morgan fingerprint density at radius 2 is 2.33 bits per heavy atom. The number of rotatable bonds is 5. The second-order valence-corrected chi connectivity index (χ2v) is 5.92. The number of ether oxygens (including phenoxy) is 1. The lowest BCUT2D eigenvalue weighted by molar-refractivity contribution is -0.0720. The molecule has 0 aromatic carbocycles. The molecule has 1 fully saturated rings. The third kappa shape index (κ3) is 3.34. The third-order valence-electron chi connectivity index (χ3n) is 4.30. The highest BCUT2D eigenvalue weighted by Crippen LogP contribution is 2.27. The lowest BCUT2D eigenvalue weighted by Crippen LogP contribution is -2.50. The van der Waals surface area contributed by atoms with Gasteiger partial charge in [-0.25, -0.2) is 4.98 Å². The first-order valence-electron chi connectivity index (χ1n) is 8.14. The van der Waals surface area contributed by atoms with E-state index in [0.29, 0.717) is 18.8 Å². The number of hydrogen-bond donors (Lipinski definition) is 1. The van der Waals surface area contributed by atoms with Crippen LogP contribution in [0.25, 0.3) is 0 Å². The number of carbonyl (C=O) groups is 1. The van der Waals surface area contributed by atoms with E-state index in [1.165, 1.54) is 0 Å². The molecule has 130 valence electrons. The molecule has 0 aliphatic carbocycles. The number of morpholine rings is 1. The fraction of sp³-hybridized carbons (Fsp3) is 0.562. The molecule has 0 saturated carbocycles. The molecule has 8 heteroatoms. The van der Waals surface area contributed by atoms with Crippen LogP contribution in [0.1, 0.15) is 35.0 Å². The quantitative estimate of drug-likeness (QED) is 0.875. The molecule has 1 saturated heterocycles. The number of amides is 1. The Kier molecular flexibility index (Phi) is 4.96. The highest BCUT2D eigenvalue weighted by Gasteiger charge is 2.35. The minimum Gasteiger partial charge on any atom is -0.373 e. The van der Waals surface area contributed by atoms with Gasteiger partial charge in [0, 0.05) is 38.6 Å². The largest absolute Gasteiger partial charge is 0.373 e. The summed E-state index contributed by atoms with van der Waals surface area (Å²) in [7, 11) is 1.97. The highest BCUT2D eigenvalue weighted by atomic mass is 16.5. The molecule has 0 bridgehead atoms. The summed E-state index contributed by atoms with van der Waals surface area (Å²) in [4.78, 5) is 19.0. The highest BCUT2D eigenvalue weighted by molar-refractivity contribution is 5.91. The molecule has 1 N–H and O–H groups in total. The van der Waals surface area contributed by atoms with Crippen molar-refractivity contribution in [3.8, 4) is 0 Å². The normalized spacial score (nSPS) is 21.8. The number of nitrogens with one attached hydrogen (secondary N) is 1. The minimum absolute atomic E-state index is 0.000474. The lowest BCUT2D eigenvalue weighted by Gasteiger charge is -2.40. The number of carbonyl (C=O) groups excluding carboxylic acids is 1. The Morgan fingerprint density at radius 1 is 1.50 bits per heavy atom. The number of imidazole rings is 1. The number of aryl methyl sites for hydroxylation is 2. The Hall–Kier alpha value is -2.19. The van der Waals surface area contributed by atoms with Crippen molar-refractivity contribution in [1.82, 2.24) is 24.9 Å². The molecule has 0 unspecified atom stereocenters. The molecule has 3 heterocycles. The molecule has 3 rings (SSSR count). The molecular formula is C16H23N5O3. The molecule has 2 aromatic heterocycles. The summed E-state index contributed by atoms with van der Waals surface area (Å²) in [5.41, 5.74) is 0.678. The fourth-order valence-corrected chi connectivity index (χ4v) is 3.05. The minimum atomic E-state index is -0.286. The van der Waals surface area contributed by atoms with Crippen LogP contribution in [-0.4, -0.2) is 57.9 Å². The van der Waals surface area contributed by atoms with Crippen LogP contribution in [0.4, 0.5) is 0 Å². The van der Waals surface area contributed by atoms with Gasteiger partial charge in [-0.1, -0.05) is 12.1 Å². The summed E-state index contributed by atoms with van der Waals surface area (Å²) >= 11 is 0. The van der Waals surface area contributed by atoms with Gasteiger partial charge in [0.15, 0.2) is 0 Å². The molecule has 0 spiro atoms. The zero-order valence-electron chi connectivity index (χ0n) is 14.2. The maximum Gasteiger partial charge on any atom is 0.289 e. The molecule has 2 atom stereocenters. The zero-order valence-corrected chi connectivity index (χ0v) is 14.2. The van der Waals surface area contributed by atoms with Crippen LogP contribution in [0.5, 0.6) is 0 Å². The van der Waals surface area contributed by atoms with Crippen molar-refractivity contribution in [1.29, 1.82) is 0 Å². The fourth-order valence-electron chi connectivity index (χ4n) is 3.05. The van der Waals surface area contributed by atoms with E-state index in [1.54, 1.807) is 19.2 Å². The first kappa shape index (κ1) is 16.7. The lowest BCUT2D eigenvalue weighted by atomic mass is 10.1. The Balaban J connectivity index is 1.72. The van der Waals surface area contributed by atoms with Crippen molar-refractivity contribution in [2.75, 3.05) is 26.2 Å². The maximum absolute atomic E-state index is 12.2. The van der Waals surface area contributed by atoms with Gasteiger partial charge in [-0.15, -0.1) is 0 Å². The van der Waals surface area contributed by atoms with Crippen LogP contribution in [0, 0.1) is 6.92 Å². The third-order valence-corrected chi connectivity index (χ3v) is 4.30. The average molecular weight is 333 g/mol. The predicted octanol–water partition coefficient (Wildman–Crippen LogP) is 0.908. The molecule has 8 nitrogen and oxygen atoms in total. The molecule has 1 aliphatic heterocycles. The Labute approximate surface area is 140 Å². The van der Waals surface area contributed by atoms with Crippen LogP contribution in [-0.2, 0) is 11.8 Å². The Morgan fingerprint density at radius 3 is 2.96 bits per heavy atom. The van der Waals surface area contributed by atoms with Gasteiger partial charge in [0.05, 0.1) is 24.4 Å². The van der Waals surface area contributed by atoms with Crippen molar-refractivity contribution in [2.24, 2.45) is 7.05 Å². The summed E-state index contributed by atoms with van der Waals surface area (Å²) in [5, 5.41) is 6.61. The Bertz CT molecular complexity index is 695. The van der Waals surface area contributed by atoms with Gasteiger partial charge in [-0.05, 0) is 13.5 Å². The molecule has 2 aromatic rings. The van der Waals surface area contributed by atoms with Crippen LogP contribution >= 0.6 is 0 Å².